The van der Waals surface area contributed by atoms with Gasteiger partial charge in [-0.2, -0.15) is 0 Å². The SMILES string of the molecule is CCOC(=O)C(CC(=O)C(Cc1cc(=O)[nH]c2ccccc12)NC(=O)c1ccc(Cl)cc1)CC(C)C. The van der Waals surface area contributed by atoms with Crippen LogP contribution in [0.5, 0.6) is 0 Å². The molecule has 0 radical (unpaired) electrons. The van der Waals surface area contributed by atoms with Crippen LogP contribution >= 0.6 is 11.6 Å². The van der Waals surface area contributed by atoms with E-state index in [4.69, 9.17) is 16.3 Å². The van der Waals surface area contributed by atoms with Gasteiger partial charge in [-0.25, -0.2) is 0 Å². The molecule has 3 rings (SSSR count). The Morgan fingerprint density at radius 3 is 2.42 bits per heavy atom. The third-order valence-electron chi connectivity index (χ3n) is 5.88. The Hall–Kier alpha value is -3.45. The first kappa shape index (κ1) is 27.1. The number of fused-ring (bicyclic) bond motifs is 1. The molecule has 3 aromatic rings. The summed E-state index contributed by atoms with van der Waals surface area (Å²) in [5.74, 6) is -1.63. The summed E-state index contributed by atoms with van der Waals surface area (Å²) in [7, 11) is 0. The van der Waals surface area contributed by atoms with Crippen molar-refractivity contribution in [3.05, 3.63) is 81.1 Å². The molecule has 0 saturated carbocycles. The summed E-state index contributed by atoms with van der Waals surface area (Å²) in [4.78, 5) is 54.2. The maximum atomic E-state index is 13.6. The molecule has 0 aliphatic carbocycles. The summed E-state index contributed by atoms with van der Waals surface area (Å²) in [5.41, 5.74) is 1.31. The zero-order valence-corrected chi connectivity index (χ0v) is 21.4. The Labute approximate surface area is 215 Å². The number of esters is 1. The predicted molar refractivity (Wildman–Crippen MR) is 140 cm³/mol. The van der Waals surface area contributed by atoms with Crippen LogP contribution in [-0.4, -0.2) is 35.3 Å². The first-order valence-corrected chi connectivity index (χ1v) is 12.4. The largest absolute Gasteiger partial charge is 0.466 e. The van der Waals surface area contributed by atoms with Crippen molar-refractivity contribution in [1.82, 2.24) is 10.3 Å². The number of para-hydroxylation sites is 1. The van der Waals surface area contributed by atoms with Gasteiger partial charge in [0, 0.05) is 40.4 Å². The van der Waals surface area contributed by atoms with Gasteiger partial charge in [0.15, 0.2) is 5.78 Å². The molecule has 0 spiro atoms. The van der Waals surface area contributed by atoms with Gasteiger partial charge in [0.2, 0.25) is 5.56 Å². The fourth-order valence-electron chi connectivity index (χ4n) is 4.23. The minimum atomic E-state index is -0.956. The lowest BCUT2D eigenvalue weighted by atomic mass is 9.88. The number of ketones is 1. The number of Topliss-reactive ketones (excluding diaryl/α,β-unsaturated/α-hetero) is 1. The molecule has 1 amide bonds. The molecular weight excluding hydrogens is 480 g/mol. The molecule has 0 fully saturated rings. The molecule has 0 aliphatic heterocycles. The number of hydrogen-bond acceptors (Lipinski definition) is 5. The van der Waals surface area contributed by atoms with Crippen LogP contribution < -0.4 is 10.9 Å². The molecule has 2 N–H and O–H groups in total. The first-order chi connectivity index (χ1) is 17.2. The second-order valence-corrected chi connectivity index (χ2v) is 9.63. The van der Waals surface area contributed by atoms with Gasteiger partial charge in [-0.3, -0.25) is 19.2 Å². The van der Waals surface area contributed by atoms with Crippen molar-refractivity contribution in [2.24, 2.45) is 11.8 Å². The van der Waals surface area contributed by atoms with Gasteiger partial charge in [-0.15, -0.1) is 0 Å². The van der Waals surface area contributed by atoms with Crippen LogP contribution in [-0.2, 0) is 20.7 Å². The van der Waals surface area contributed by atoms with Crippen LogP contribution in [0.15, 0.2) is 59.4 Å². The first-order valence-electron chi connectivity index (χ1n) is 12.0. The molecule has 0 saturated heterocycles. The molecule has 8 heteroatoms. The predicted octanol–water partition coefficient (Wildman–Crippen LogP) is 4.71. The van der Waals surface area contributed by atoms with E-state index in [0.717, 1.165) is 5.39 Å². The minimum Gasteiger partial charge on any atom is -0.466 e. The van der Waals surface area contributed by atoms with Crippen LogP contribution in [0.25, 0.3) is 10.9 Å². The number of H-pyrrole nitrogens is 1. The summed E-state index contributed by atoms with van der Waals surface area (Å²) in [5, 5.41) is 4.08. The van der Waals surface area contributed by atoms with Gasteiger partial charge in [-0.05, 0) is 55.2 Å². The summed E-state index contributed by atoms with van der Waals surface area (Å²) in [6, 6.07) is 14.1. The summed E-state index contributed by atoms with van der Waals surface area (Å²) >= 11 is 5.94. The molecule has 36 heavy (non-hydrogen) atoms. The number of nitrogens with one attached hydrogen (secondary N) is 2. The van der Waals surface area contributed by atoms with E-state index in [2.05, 4.69) is 10.3 Å². The fraction of sp³-hybridized carbons (Fsp3) is 0.357. The standard InChI is InChI=1S/C28H31ClN2O5/c1-4-36-28(35)20(13-17(2)3)15-25(32)24(31-27(34)18-9-11-21(29)12-10-18)14-19-16-26(33)30-23-8-6-5-7-22(19)23/h5-12,16-17,20,24H,4,13-15H2,1-3H3,(H,30,33)(H,31,34). The highest BCUT2D eigenvalue weighted by atomic mass is 35.5. The zero-order chi connectivity index (χ0) is 26.2. The Kier molecular flexibility index (Phi) is 9.42. The third-order valence-corrected chi connectivity index (χ3v) is 6.14. The normalized spacial score (nSPS) is 12.8. The maximum absolute atomic E-state index is 13.6. The second kappa shape index (κ2) is 12.5. The van der Waals surface area contributed by atoms with Crippen LogP contribution in [0.2, 0.25) is 5.02 Å². The topological polar surface area (TPSA) is 105 Å². The lowest BCUT2D eigenvalue weighted by molar-refractivity contribution is -0.150. The van der Waals surface area contributed by atoms with Gasteiger partial charge < -0.3 is 15.0 Å². The fourth-order valence-corrected chi connectivity index (χ4v) is 4.36. The number of hydrogen-bond donors (Lipinski definition) is 2. The van der Waals surface area contributed by atoms with Gasteiger partial charge in [-0.1, -0.05) is 43.6 Å². The average Bonchev–Trinajstić information content (AvgIpc) is 2.83. The minimum absolute atomic E-state index is 0.0797. The summed E-state index contributed by atoms with van der Waals surface area (Å²) in [6.07, 6.45) is 0.500. The Bertz CT molecular complexity index is 1280. The van der Waals surface area contributed by atoms with E-state index in [-0.39, 0.29) is 36.7 Å². The smallest absolute Gasteiger partial charge is 0.309 e. The third kappa shape index (κ3) is 7.28. The zero-order valence-electron chi connectivity index (χ0n) is 20.7. The number of ether oxygens (including phenoxy) is 1. The van der Waals surface area contributed by atoms with Crippen LogP contribution in [0.4, 0.5) is 0 Å². The lowest BCUT2D eigenvalue weighted by Crippen LogP contribution is -2.43. The molecule has 0 bridgehead atoms. The number of amides is 1. The highest BCUT2D eigenvalue weighted by Gasteiger charge is 2.30. The Morgan fingerprint density at radius 1 is 1.06 bits per heavy atom. The van der Waals surface area contributed by atoms with Crippen molar-refractivity contribution < 1.29 is 19.1 Å². The van der Waals surface area contributed by atoms with Crippen molar-refractivity contribution >= 4 is 40.2 Å². The Morgan fingerprint density at radius 2 is 1.75 bits per heavy atom. The molecule has 1 aromatic heterocycles. The average molecular weight is 511 g/mol. The number of pyridine rings is 1. The van der Waals surface area contributed by atoms with E-state index in [1.807, 2.05) is 32.0 Å². The van der Waals surface area contributed by atoms with E-state index in [9.17, 15) is 19.2 Å². The Balaban J connectivity index is 1.94. The quantitative estimate of drug-likeness (QED) is 0.363. The van der Waals surface area contributed by atoms with E-state index in [1.54, 1.807) is 37.3 Å². The highest BCUT2D eigenvalue weighted by Crippen LogP contribution is 2.22. The van der Waals surface area contributed by atoms with Gasteiger partial charge >= 0.3 is 5.97 Å². The number of aromatic nitrogens is 1. The monoisotopic (exact) mass is 510 g/mol. The number of carbonyl (C=O) groups excluding carboxylic acids is 3. The van der Waals surface area contributed by atoms with Crippen molar-refractivity contribution in [2.45, 2.75) is 46.1 Å². The molecule has 1 heterocycles. The van der Waals surface area contributed by atoms with Crippen molar-refractivity contribution in [2.75, 3.05) is 6.61 Å². The number of benzene rings is 2. The van der Waals surface area contributed by atoms with Crippen molar-refractivity contribution in [3.63, 3.8) is 0 Å². The van der Waals surface area contributed by atoms with Crippen molar-refractivity contribution in [3.8, 4) is 0 Å². The number of rotatable bonds is 11. The van der Waals surface area contributed by atoms with E-state index in [1.165, 1.54) is 6.07 Å². The number of aromatic amines is 1. The van der Waals surface area contributed by atoms with Gasteiger partial charge in [0.05, 0.1) is 18.6 Å². The van der Waals surface area contributed by atoms with Crippen LogP contribution in [0, 0.1) is 11.8 Å². The molecular formula is C28H31ClN2O5. The van der Waals surface area contributed by atoms with Crippen LogP contribution in [0.3, 0.4) is 0 Å². The molecule has 0 aliphatic rings. The maximum Gasteiger partial charge on any atom is 0.309 e. The summed E-state index contributed by atoms with van der Waals surface area (Å²) < 4.78 is 5.20. The highest BCUT2D eigenvalue weighted by molar-refractivity contribution is 6.30. The number of carbonyl (C=O) groups is 3. The van der Waals surface area contributed by atoms with Gasteiger partial charge in [0.1, 0.15) is 0 Å². The van der Waals surface area contributed by atoms with E-state index in [0.29, 0.717) is 28.1 Å². The second-order valence-electron chi connectivity index (χ2n) is 9.19. The van der Waals surface area contributed by atoms with Crippen LogP contribution in [0.1, 0.15) is 49.5 Å². The van der Waals surface area contributed by atoms with Crippen molar-refractivity contribution in [1.29, 1.82) is 0 Å². The molecule has 2 aromatic carbocycles. The molecule has 2 unspecified atom stereocenters. The summed E-state index contributed by atoms with van der Waals surface area (Å²) in [6.45, 7) is 5.88. The van der Waals surface area contributed by atoms with Gasteiger partial charge in [0.25, 0.3) is 5.91 Å². The van der Waals surface area contributed by atoms with E-state index >= 15 is 0 Å². The van der Waals surface area contributed by atoms with E-state index < -0.39 is 23.8 Å². The molecule has 190 valence electrons. The molecule has 2 atom stereocenters. The number of halogens is 1. The molecule has 7 nitrogen and oxygen atoms in total. The lowest BCUT2D eigenvalue weighted by Gasteiger charge is -2.22.